The number of anilines is 1. The molecular weight excluding hydrogens is 302 g/mol. The highest BCUT2D eigenvalue weighted by Gasteiger charge is 2.08. The number of hydrogen-bond acceptors (Lipinski definition) is 5. The molecule has 6 nitrogen and oxygen atoms in total. The van der Waals surface area contributed by atoms with Gasteiger partial charge in [-0.2, -0.15) is 0 Å². The molecule has 0 aliphatic carbocycles. The van der Waals surface area contributed by atoms with Crippen LogP contribution >= 0.6 is 0 Å². The van der Waals surface area contributed by atoms with E-state index < -0.39 is 0 Å². The molecule has 0 aliphatic heterocycles. The summed E-state index contributed by atoms with van der Waals surface area (Å²) in [6.07, 6.45) is 5.02. The van der Waals surface area contributed by atoms with E-state index in [2.05, 4.69) is 25.6 Å². The Balaban J connectivity index is 1.59. The highest BCUT2D eigenvalue weighted by atomic mass is 16.1. The monoisotopic (exact) mass is 319 g/mol. The standard InChI is InChI=1S/C18H17N5O/c24-17(21-12-14-4-2-1-3-5-14)16-8-11-20-18(23-16)22-13-15-6-9-19-10-7-15/h1-11H,12-13H2,(H,21,24)(H,20,22,23). The zero-order valence-electron chi connectivity index (χ0n) is 13.0. The molecule has 0 atom stereocenters. The van der Waals surface area contributed by atoms with E-state index in [0.29, 0.717) is 24.7 Å². The Bertz CT molecular complexity index is 793. The molecule has 0 unspecified atom stereocenters. The van der Waals surface area contributed by atoms with Crippen LogP contribution in [-0.2, 0) is 13.1 Å². The fraction of sp³-hybridized carbons (Fsp3) is 0.111. The van der Waals surface area contributed by atoms with E-state index in [4.69, 9.17) is 0 Å². The van der Waals surface area contributed by atoms with Gasteiger partial charge in [-0.3, -0.25) is 9.78 Å². The maximum Gasteiger partial charge on any atom is 0.270 e. The molecule has 1 amide bonds. The van der Waals surface area contributed by atoms with Gasteiger partial charge in [-0.1, -0.05) is 30.3 Å². The zero-order chi connectivity index (χ0) is 16.6. The molecule has 0 fully saturated rings. The Hall–Kier alpha value is -3.28. The second-order valence-electron chi connectivity index (χ2n) is 5.14. The molecule has 0 spiro atoms. The molecule has 2 heterocycles. The predicted octanol–water partition coefficient (Wildman–Crippen LogP) is 2.41. The third-order valence-corrected chi connectivity index (χ3v) is 3.38. The number of hydrogen-bond donors (Lipinski definition) is 2. The summed E-state index contributed by atoms with van der Waals surface area (Å²) < 4.78 is 0. The summed E-state index contributed by atoms with van der Waals surface area (Å²) in [5.41, 5.74) is 2.43. The van der Waals surface area contributed by atoms with Gasteiger partial charge in [0.05, 0.1) is 0 Å². The first kappa shape index (κ1) is 15.6. The molecule has 1 aromatic carbocycles. The lowest BCUT2D eigenvalue weighted by atomic mass is 10.2. The minimum atomic E-state index is -0.229. The molecule has 24 heavy (non-hydrogen) atoms. The Morgan fingerprint density at radius 3 is 2.42 bits per heavy atom. The first-order valence-electron chi connectivity index (χ1n) is 7.59. The largest absolute Gasteiger partial charge is 0.350 e. The summed E-state index contributed by atoms with van der Waals surface area (Å²) in [5.74, 6) is 0.187. The van der Waals surface area contributed by atoms with Crippen LogP contribution in [0.4, 0.5) is 5.95 Å². The number of carbonyl (C=O) groups excluding carboxylic acids is 1. The Morgan fingerprint density at radius 1 is 0.875 bits per heavy atom. The molecule has 0 aliphatic rings. The van der Waals surface area contributed by atoms with Crippen molar-refractivity contribution in [2.75, 3.05) is 5.32 Å². The van der Waals surface area contributed by atoms with Gasteiger partial charge in [0.25, 0.3) is 5.91 Å². The molecule has 3 rings (SSSR count). The molecule has 3 aromatic rings. The summed E-state index contributed by atoms with van der Waals surface area (Å²) in [5, 5.41) is 5.95. The number of benzene rings is 1. The smallest absolute Gasteiger partial charge is 0.270 e. The van der Waals surface area contributed by atoms with Gasteiger partial charge < -0.3 is 10.6 Å². The lowest BCUT2D eigenvalue weighted by Gasteiger charge is -2.07. The van der Waals surface area contributed by atoms with Crippen LogP contribution in [0.25, 0.3) is 0 Å². The fourth-order valence-corrected chi connectivity index (χ4v) is 2.12. The Labute approximate surface area is 140 Å². The fourth-order valence-electron chi connectivity index (χ4n) is 2.12. The Morgan fingerprint density at radius 2 is 1.62 bits per heavy atom. The zero-order valence-corrected chi connectivity index (χ0v) is 13.0. The van der Waals surface area contributed by atoms with Crippen molar-refractivity contribution in [3.05, 3.63) is 83.9 Å². The van der Waals surface area contributed by atoms with Crippen LogP contribution in [0.2, 0.25) is 0 Å². The second kappa shape index (κ2) is 7.82. The first-order chi connectivity index (χ1) is 11.8. The Kier molecular flexibility index (Phi) is 5.09. The van der Waals surface area contributed by atoms with E-state index in [1.54, 1.807) is 24.7 Å². The molecule has 0 saturated heterocycles. The minimum absolute atomic E-state index is 0.229. The third-order valence-electron chi connectivity index (χ3n) is 3.38. The van der Waals surface area contributed by atoms with Gasteiger partial charge in [0.15, 0.2) is 0 Å². The van der Waals surface area contributed by atoms with Crippen LogP contribution in [0.1, 0.15) is 21.6 Å². The van der Waals surface area contributed by atoms with Crippen molar-refractivity contribution in [1.29, 1.82) is 0 Å². The molecule has 0 saturated carbocycles. The quantitative estimate of drug-likeness (QED) is 0.729. The molecule has 0 radical (unpaired) electrons. The van der Waals surface area contributed by atoms with Gasteiger partial charge in [-0.15, -0.1) is 0 Å². The predicted molar refractivity (Wildman–Crippen MR) is 91.2 cm³/mol. The maximum absolute atomic E-state index is 12.2. The van der Waals surface area contributed by atoms with E-state index in [1.807, 2.05) is 42.5 Å². The highest BCUT2D eigenvalue weighted by Crippen LogP contribution is 2.05. The highest BCUT2D eigenvalue weighted by molar-refractivity contribution is 5.92. The first-order valence-corrected chi connectivity index (χ1v) is 7.59. The number of pyridine rings is 1. The van der Waals surface area contributed by atoms with Crippen molar-refractivity contribution in [2.45, 2.75) is 13.1 Å². The van der Waals surface area contributed by atoms with Crippen LogP contribution < -0.4 is 10.6 Å². The van der Waals surface area contributed by atoms with E-state index in [0.717, 1.165) is 11.1 Å². The summed E-state index contributed by atoms with van der Waals surface area (Å²) in [6.45, 7) is 1.03. The van der Waals surface area contributed by atoms with Crippen molar-refractivity contribution in [1.82, 2.24) is 20.3 Å². The average molecular weight is 319 g/mol. The van der Waals surface area contributed by atoms with Crippen molar-refractivity contribution in [3.8, 4) is 0 Å². The van der Waals surface area contributed by atoms with Gasteiger partial charge in [0.2, 0.25) is 5.95 Å². The SMILES string of the molecule is O=C(NCc1ccccc1)c1ccnc(NCc2ccncc2)n1. The normalized spacial score (nSPS) is 10.2. The number of nitrogens with one attached hydrogen (secondary N) is 2. The van der Waals surface area contributed by atoms with Gasteiger partial charge in [-0.05, 0) is 29.3 Å². The van der Waals surface area contributed by atoms with Crippen LogP contribution in [0.5, 0.6) is 0 Å². The summed E-state index contributed by atoms with van der Waals surface area (Å²) in [7, 11) is 0. The molecule has 120 valence electrons. The molecule has 2 N–H and O–H groups in total. The summed E-state index contributed by atoms with van der Waals surface area (Å²) >= 11 is 0. The van der Waals surface area contributed by atoms with Gasteiger partial charge >= 0.3 is 0 Å². The van der Waals surface area contributed by atoms with E-state index in [1.165, 1.54) is 0 Å². The van der Waals surface area contributed by atoms with Crippen LogP contribution in [0.15, 0.2) is 67.1 Å². The van der Waals surface area contributed by atoms with Crippen molar-refractivity contribution < 1.29 is 4.79 Å². The van der Waals surface area contributed by atoms with E-state index in [-0.39, 0.29) is 5.91 Å². The number of rotatable bonds is 6. The van der Waals surface area contributed by atoms with E-state index in [9.17, 15) is 4.79 Å². The summed E-state index contributed by atoms with van der Waals surface area (Å²) in [4.78, 5) is 24.6. The molecule has 6 heteroatoms. The third kappa shape index (κ3) is 4.36. The van der Waals surface area contributed by atoms with Crippen LogP contribution in [0, 0.1) is 0 Å². The van der Waals surface area contributed by atoms with Crippen molar-refractivity contribution in [3.63, 3.8) is 0 Å². The van der Waals surface area contributed by atoms with Crippen molar-refractivity contribution in [2.24, 2.45) is 0 Å². The van der Waals surface area contributed by atoms with Crippen LogP contribution in [0.3, 0.4) is 0 Å². The van der Waals surface area contributed by atoms with E-state index >= 15 is 0 Å². The topological polar surface area (TPSA) is 79.8 Å². The number of amides is 1. The lowest BCUT2D eigenvalue weighted by Crippen LogP contribution is -2.24. The number of carbonyl (C=O) groups is 1. The lowest BCUT2D eigenvalue weighted by molar-refractivity contribution is 0.0946. The summed E-state index contributed by atoms with van der Waals surface area (Å²) in [6, 6.07) is 15.1. The molecule has 0 bridgehead atoms. The van der Waals surface area contributed by atoms with Crippen molar-refractivity contribution >= 4 is 11.9 Å². The minimum Gasteiger partial charge on any atom is -0.350 e. The second-order valence-corrected chi connectivity index (χ2v) is 5.14. The number of nitrogens with zero attached hydrogens (tertiary/aromatic N) is 3. The van der Waals surface area contributed by atoms with Gasteiger partial charge in [-0.25, -0.2) is 9.97 Å². The molecule has 2 aromatic heterocycles. The van der Waals surface area contributed by atoms with Gasteiger partial charge in [0.1, 0.15) is 5.69 Å². The molecular formula is C18H17N5O. The van der Waals surface area contributed by atoms with Gasteiger partial charge in [0, 0.05) is 31.7 Å². The average Bonchev–Trinajstić information content (AvgIpc) is 2.66. The maximum atomic E-state index is 12.2. The van der Waals surface area contributed by atoms with Crippen LogP contribution in [-0.4, -0.2) is 20.9 Å². The number of aromatic nitrogens is 3.